The summed E-state index contributed by atoms with van der Waals surface area (Å²) in [6, 6.07) is 0. The minimum atomic E-state index is -6.30. The maximum atomic E-state index is 12.1. The largest absolute Gasteiger partial charge is 0.397 e. The van der Waals surface area contributed by atoms with Crippen molar-refractivity contribution in [1.29, 1.82) is 0 Å². The summed E-state index contributed by atoms with van der Waals surface area (Å²) in [6.45, 7) is -5.40. The normalized spacial score (nSPS) is 25.0. The Morgan fingerprint density at radius 3 is 1.35 bits per heavy atom. The van der Waals surface area contributed by atoms with Crippen LogP contribution < -0.4 is 0 Å². The smallest absolute Gasteiger partial charge is 0.349 e. The standard InChI is InChI=1S/C14H28O35S8/c1-6(3-40-50(15,16)17)8(45-53(24,25)26)12(49-57(36,37)38)14(39-2,5-42-52(21,22)23)44-13-11(48-56(33,34)35)10(47-55(30,31)32)9(46-54(27,28)29)7(43-13)4-41-51(18,19)20/h6-13H,3-5H2,1-2H3,(H,15,16,17)(H,18,19,20)(H,21,22,23)(H,24,25,26)(H,27,28,29)(H,30,31,32)(H,33,34,35)(H,36,37,38)/t6-,7?,8-,9-,10?,11+,12-,13+,14+/m1/s1. The Kier molecular flexibility index (Phi) is 18.2. The van der Waals surface area contributed by atoms with Crippen molar-refractivity contribution in [2.24, 2.45) is 5.92 Å². The average Bonchev–Trinajstić information content (AvgIpc) is 2.93. The van der Waals surface area contributed by atoms with Gasteiger partial charge >= 0.3 is 83.2 Å². The maximum absolute atomic E-state index is 12.1. The summed E-state index contributed by atoms with van der Waals surface area (Å²) in [6.07, 6.45) is -23.2. The lowest BCUT2D eigenvalue weighted by Gasteiger charge is -2.48. The molecular formula is C14H28O35S8. The van der Waals surface area contributed by atoms with Gasteiger partial charge in [0.15, 0.2) is 18.5 Å². The Labute approximate surface area is 321 Å². The molecule has 57 heavy (non-hydrogen) atoms. The van der Waals surface area contributed by atoms with Crippen molar-refractivity contribution in [3.05, 3.63) is 0 Å². The van der Waals surface area contributed by atoms with Gasteiger partial charge in [0.25, 0.3) is 0 Å². The van der Waals surface area contributed by atoms with Crippen LogP contribution in [0.25, 0.3) is 0 Å². The van der Waals surface area contributed by atoms with E-state index < -0.39 is 158 Å². The van der Waals surface area contributed by atoms with E-state index >= 15 is 0 Å². The fourth-order valence-corrected chi connectivity index (χ4v) is 7.74. The third kappa shape index (κ3) is 21.3. The van der Waals surface area contributed by atoms with E-state index in [1.54, 1.807) is 0 Å². The van der Waals surface area contributed by atoms with Gasteiger partial charge in [-0.3, -0.25) is 36.4 Å². The molecular weight excluding hydrogens is 985 g/mol. The fourth-order valence-electron chi connectivity index (χ4n) is 4.15. The molecule has 1 saturated heterocycles. The van der Waals surface area contributed by atoms with Gasteiger partial charge in [0, 0.05) is 13.0 Å². The third-order valence-corrected chi connectivity index (χ3v) is 9.57. The molecule has 0 bridgehead atoms. The summed E-state index contributed by atoms with van der Waals surface area (Å²) in [4.78, 5) is 0. The first-order valence-corrected chi connectivity index (χ1v) is 24.0. The van der Waals surface area contributed by atoms with Crippen molar-refractivity contribution in [3.63, 3.8) is 0 Å². The van der Waals surface area contributed by atoms with Crippen molar-refractivity contribution in [2.75, 3.05) is 26.9 Å². The summed E-state index contributed by atoms with van der Waals surface area (Å²) >= 11 is 0. The predicted octanol–water partition coefficient (Wildman–Crippen LogP) is -5.90. The quantitative estimate of drug-likeness (QED) is 0.0312. The minimum Gasteiger partial charge on any atom is -0.349 e. The number of methoxy groups -OCH3 is 1. The van der Waals surface area contributed by atoms with Gasteiger partial charge in [-0.05, 0) is 0 Å². The zero-order valence-corrected chi connectivity index (χ0v) is 33.6. The third-order valence-electron chi connectivity index (χ3n) is 5.97. The van der Waals surface area contributed by atoms with E-state index in [2.05, 4.69) is 33.5 Å². The van der Waals surface area contributed by atoms with E-state index in [-0.39, 0.29) is 7.11 Å². The van der Waals surface area contributed by atoms with Crippen LogP contribution in [0.15, 0.2) is 0 Å². The minimum absolute atomic E-state index is 0.189. The van der Waals surface area contributed by atoms with E-state index in [0.717, 1.165) is 0 Å². The molecule has 1 heterocycles. The molecule has 0 spiro atoms. The van der Waals surface area contributed by atoms with E-state index in [4.69, 9.17) is 23.3 Å². The molecule has 35 nitrogen and oxygen atoms in total. The average molecular weight is 1010 g/mol. The number of ether oxygens (including phenoxy) is 3. The summed E-state index contributed by atoms with van der Waals surface area (Å²) in [7, 11) is -48.0. The van der Waals surface area contributed by atoms with Gasteiger partial charge in [0.05, 0.1) is 13.2 Å². The first-order valence-electron chi connectivity index (χ1n) is 13.1. The van der Waals surface area contributed by atoms with Gasteiger partial charge in [-0.1, -0.05) is 6.92 Å². The highest BCUT2D eigenvalue weighted by Crippen LogP contribution is 2.38. The molecule has 0 aromatic carbocycles. The Bertz CT molecular complexity index is 2280. The number of rotatable bonds is 25. The highest BCUT2D eigenvalue weighted by molar-refractivity contribution is 7.82. The lowest BCUT2D eigenvalue weighted by atomic mass is 9.94. The van der Waals surface area contributed by atoms with Crippen LogP contribution in [0.5, 0.6) is 0 Å². The van der Waals surface area contributed by atoms with Crippen LogP contribution >= 0.6 is 0 Å². The molecule has 0 aromatic heterocycles. The van der Waals surface area contributed by atoms with Crippen LogP contribution in [-0.2, 0) is 131 Å². The van der Waals surface area contributed by atoms with Gasteiger partial charge in [-0.25, -0.2) is 33.5 Å². The fraction of sp³-hybridized carbons (Fsp3) is 1.00. The molecule has 0 radical (unpaired) electrons. The molecule has 342 valence electrons. The molecule has 1 fully saturated rings. The molecule has 9 atom stereocenters. The molecule has 1 aliphatic heterocycles. The van der Waals surface area contributed by atoms with Crippen LogP contribution in [0.1, 0.15) is 6.92 Å². The Morgan fingerprint density at radius 1 is 0.544 bits per heavy atom. The number of hydrogen-bond donors (Lipinski definition) is 8. The molecule has 8 N–H and O–H groups in total. The van der Waals surface area contributed by atoms with E-state index in [0.29, 0.717) is 6.92 Å². The van der Waals surface area contributed by atoms with Crippen LogP contribution in [-0.4, -0.2) is 179 Å². The van der Waals surface area contributed by atoms with E-state index in [9.17, 15) is 94.7 Å². The molecule has 2 unspecified atom stereocenters. The summed E-state index contributed by atoms with van der Waals surface area (Å²) in [5.41, 5.74) is 0. The second-order valence-electron chi connectivity index (χ2n) is 10.2. The van der Waals surface area contributed by atoms with Crippen molar-refractivity contribution >= 4 is 83.2 Å². The van der Waals surface area contributed by atoms with Crippen LogP contribution in [0.2, 0.25) is 0 Å². The summed E-state index contributed by atoms with van der Waals surface area (Å²) in [5, 5.41) is 0. The summed E-state index contributed by atoms with van der Waals surface area (Å²) < 4.78 is 309. The monoisotopic (exact) mass is 1010 g/mol. The van der Waals surface area contributed by atoms with Crippen LogP contribution in [0, 0.1) is 5.92 Å². The van der Waals surface area contributed by atoms with Gasteiger partial charge in [0.1, 0.15) is 31.0 Å². The second kappa shape index (κ2) is 19.3. The lowest BCUT2D eigenvalue weighted by Crippen LogP contribution is -2.67. The van der Waals surface area contributed by atoms with E-state index in [1.165, 1.54) is 0 Å². The highest BCUT2D eigenvalue weighted by atomic mass is 32.3. The SMILES string of the molecule is CO[C@@](COS(=O)(=O)O)(O[C@@H]1OC(COS(=O)(=O)O)[C@@H](OS(=O)(=O)O)C(OS(=O)(=O)O)[C@@H]1OS(=O)(=O)O)[C@H](OS(=O)(=O)O)[C@H](OS(=O)(=O)O)[C@H](C)COS(=O)(=O)O. The topological polar surface area (TPSA) is 536 Å². The Morgan fingerprint density at radius 2 is 0.965 bits per heavy atom. The van der Waals surface area contributed by atoms with Gasteiger partial charge in [0.2, 0.25) is 5.79 Å². The zero-order valence-electron chi connectivity index (χ0n) is 27.1. The molecule has 0 saturated carbocycles. The van der Waals surface area contributed by atoms with Crippen LogP contribution in [0.4, 0.5) is 0 Å². The van der Waals surface area contributed by atoms with Gasteiger partial charge < -0.3 is 14.2 Å². The zero-order chi connectivity index (χ0) is 45.0. The van der Waals surface area contributed by atoms with Crippen molar-refractivity contribution < 1.29 is 151 Å². The Balaban J connectivity index is 4.48. The van der Waals surface area contributed by atoms with Crippen molar-refractivity contribution in [2.45, 2.75) is 55.6 Å². The van der Waals surface area contributed by atoms with Gasteiger partial charge in [-0.2, -0.15) is 67.3 Å². The van der Waals surface area contributed by atoms with E-state index in [1.807, 2.05) is 0 Å². The van der Waals surface area contributed by atoms with Crippen LogP contribution in [0.3, 0.4) is 0 Å². The first-order chi connectivity index (χ1) is 25.0. The first kappa shape index (κ1) is 53.9. The molecule has 0 amide bonds. The maximum Gasteiger partial charge on any atom is 0.397 e. The molecule has 1 rings (SSSR count). The molecule has 1 aliphatic rings. The second-order valence-corrected chi connectivity index (χ2v) is 18.7. The number of hydrogen-bond acceptors (Lipinski definition) is 27. The van der Waals surface area contributed by atoms with Gasteiger partial charge in [-0.15, -0.1) is 0 Å². The molecule has 43 heteroatoms. The lowest BCUT2D eigenvalue weighted by molar-refractivity contribution is -0.385. The molecule has 0 aromatic rings. The van der Waals surface area contributed by atoms with Crippen molar-refractivity contribution in [3.8, 4) is 0 Å². The predicted molar refractivity (Wildman–Crippen MR) is 163 cm³/mol. The Hall–Kier alpha value is -1.16. The van der Waals surface area contributed by atoms with Crippen molar-refractivity contribution in [1.82, 2.24) is 0 Å². The molecule has 0 aliphatic carbocycles. The highest BCUT2D eigenvalue weighted by Gasteiger charge is 2.60. The summed E-state index contributed by atoms with van der Waals surface area (Å²) in [5.74, 6) is -6.41.